The average Bonchev–Trinajstić information content (AvgIpc) is 2.46. The largest absolute Gasteiger partial charge is 0.492 e. The Morgan fingerprint density at radius 2 is 2.05 bits per heavy atom. The molecule has 0 radical (unpaired) electrons. The van der Waals surface area contributed by atoms with Crippen molar-refractivity contribution in [2.24, 2.45) is 11.8 Å². The minimum absolute atomic E-state index is 0.123. The van der Waals surface area contributed by atoms with Gasteiger partial charge < -0.3 is 9.64 Å². The molecule has 0 bridgehead atoms. The molecule has 1 aromatic carbocycles. The molecule has 0 saturated carbocycles. The molecule has 116 valence electrons. The summed E-state index contributed by atoms with van der Waals surface area (Å²) in [6.45, 7) is 8.88. The minimum Gasteiger partial charge on any atom is -0.492 e. The maximum absolute atomic E-state index is 12.5. The fourth-order valence-electron chi connectivity index (χ4n) is 2.40. The van der Waals surface area contributed by atoms with Crippen molar-refractivity contribution in [3.05, 3.63) is 28.2 Å². The number of ether oxygens (including phenoxy) is 1. The molecule has 0 aliphatic carbocycles. The van der Waals surface area contributed by atoms with Crippen molar-refractivity contribution in [1.29, 1.82) is 0 Å². The van der Waals surface area contributed by atoms with Crippen LogP contribution in [0.3, 0.4) is 0 Å². The molecule has 1 amide bonds. The van der Waals surface area contributed by atoms with E-state index in [4.69, 9.17) is 4.74 Å². The third kappa shape index (κ3) is 4.47. The summed E-state index contributed by atoms with van der Waals surface area (Å²) in [6.07, 6.45) is 2.20. The molecule has 0 N–H and O–H groups in total. The van der Waals surface area contributed by atoms with Crippen LogP contribution in [0.4, 0.5) is 0 Å². The predicted molar refractivity (Wildman–Crippen MR) is 88.8 cm³/mol. The van der Waals surface area contributed by atoms with Crippen molar-refractivity contribution in [3.8, 4) is 5.75 Å². The van der Waals surface area contributed by atoms with Crippen molar-refractivity contribution >= 4 is 21.8 Å². The highest BCUT2D eigenvalue weighted by molar-refractivity contribution is 9.10. The van der Waals surface area contributed by atoms with E-state index in [1.807, 2.05) is 23.1 Å². The number of carbonyl (C=O) groups is 1. The zero-order chi connectivity index (χ0) is 15.4. The molecule has 0 atom stereocenters. The van der Waals surface area contributed by atoms with E-state index in [0.29, 0.717) is 12.5 Å². The highest BCUT2D eigenvalue weighted by Crippen LogP contribution is 2.27. The van der Waals surface area contributed by atoms with E-state index in [9.17, 15) is 4.79 Å². The first-order valence-corrected chi connectivity index (χ1v) is 8.48. The van der Waals surface area contributed by atoms with Crippen LogP contribution in [0.1, 0.15) is 44.0 Å². The summed E-state index contributed by atoms with van der Waals surface area (Å²) >= 11 is 3.50. The SMILES string of the molecule is CC(C)COc1ccc(C(=O)N2CCC(C)CC2)cc1Br. The van der Waals surface area contributed by atoms with Crippen molar-refractivity contribution in [2.45, 2.75) is 33.6 Å². The number of nitrogens with zero attached hydrogens (tertiary/aromatic N) is 1. The van der Waals surface area contributed by atoms with Crippen LogP contribution in [0.15, 0.2) is 22.7 Å². The Bertz CT molecular complexity index is 494. The molecule has 1 heterocycles. The van der Waals surface area contributed by atoms with Gasteiger partial charge in [0.25, 0.3) is 5.91 Å². The monoisotopic (exact) mass is 353 g/mol. The van der Waals surface area contributed by atoms with Crippen molar-refractivity contribution in [3.63, 3.8) is 0 Å². The summed E-state index contributed by atoms with van der Waals surface area (Å²) < 4.78 is 6.57. The van der Waals surface area contributed by atoms with Crippen LogP contribution >= 0.6 is 15.9 Å². The van der Waals surface area contributed by atoms with Gasteiger partial charge in [0, 0.05) is 18.7 Å². The Morgan fingerprint density at radius 1 is 1.38 bits per heavy atom. The summed E-state index contributed by atoms with van der Waals surface area (Å²) in [7, 11) is 0. The van der Waals surface area contributed by atoms with E-state index in [1.165, 1.54) is 0 Å². The summed E-state index contributed by atoms with van der Waals surface area (Å²) in [6, 6.07) is 5.61. The van der Waals surface area contributed by atoms with E-state index < -0.39 is 0 Å². The molecular formula is C17H24BrNO2. The molecule has 1 aliphatic rings. The second-order valence-electron chi connectivity index (χ2n) is 6.32. The summed E-state index contributed by atoms with van der Waals surface area (Å²) in [5.41, 5.74) is 0.730. The van der Waals surface area contributed by atoms with Gasteiger partial charge in [-0.05, 0) is 58.8 Å². The van der Waals surface area contributed by atoms with Crippen LogP contribution in [0, 0.1) is 11.8 Å². The van der Waals surface area contributed by atoms with Gasteiger partial charge in [0.1, 0.15) is 5.75 Å². The van der Waals surface area contributed by atoms with Crippen LogP contribution in [-0.4, -0.2) is 30.5 Å². The maximum atomic E-state index is 12.5. The van der Waals surface area contributed by atoms with Gasteiger partial charge in [0.05, 0.1) is 11.1 Å². The Labute approximate surface area is 135 Å². The summed E-state index contributed by atoms with van der Waals surface area (Å²) in [5.74, 6) is 2.13. The van der Waals surface area contributed by atoms with Crippen molar-refractivity contribution in [1.82, 2.24) is 4.90 Å². The molecule has 0 aromatic heterocycles. The molecule has 1 saturated heterocycles. The van der Waals surface area contributed by atoms with Gasteiger partial charge >= 0.3 is 0 Å². The van der Waals surface area contributed by atoms with Crippen LogP contribution in [0.5, 0.6) is 5.75 Å². The lowest BCUT2D eigenvalue weighted by Crippen LogP contribution is -2.37. The number of hydrogen-bond acceptors (Lipinski definition) is 2. The molecule has 2 rings (SSSR count). The van der Waals surface area contributed by atoms with Crippen LogP contribution in [0.25, 0.3) is 0 Å². The van der Waals surface area contributed by atoms with Gasteiger partial charge in [0.15, 0.2) is 0 Å². The van der Waals surface area contributed by atoms with Crippen LogP contribution in [-0.2, 0) is 0 Å². The highest BCUT2D eigenvalue weighted by Gasteiger charge is 2.21. The normalized spacial score (nSPS) is 16.3. The van der Waals surface area contributed by atoms with Crippen LogP contribution < -0.4 is 4.74 Å². The molecule has 21 heavy (non-hydrogen) atoms. The Morgan fingerprint density at radius 3 is 2.62 bits per heavy atom. The zero-order valence-corrected chi connectivity index (χ0v) is 14.6. The Hall–Kier alpha value is -1.03. The van der Waals surface area contributed by atoms with E-state index in [2.05, 4.69) is 36.7 Å². The minimum atomic E-state index is 0.123. The Balaban J connectivity index is 2.03. The quantitative estimate of drug-likeness (QED) is 0.804. The topological polar surface area (TPSA) is 29.5 Å². The second-order valence-corrected chi connectivity index (χ2v) is 7.18. The summed E-state index contributed by atoms with van der Waals surface area (Å²) in [4.78, 5) is 14.5. The third-order valence-corrected chi connectivity index (χ3v) is 4.44. The number of rotatable bonds is 4. The number of piperidine rings is 1. The first kappa shape index (κ1) is 16.3. The van der Waals surface area contributed by atoms with Gasteiger partial charge in [-0.25, -0.2) is 0 Å². The Kier molecular flexibility index (Phi) is 5.68. The molecule has 4 heteroatoms. The van der Waals surface area contributed by atoms with Crippen LogP contribution in [0.2, 0.25) is 0 Å². The fraction of sp³-hybridized carbons (Fsp3) is 0.588. The smallest absolute Gasteiger partial charge is 0.253 e. The first-order chi connectivity index (χ1) is 9.97. The molecule has 0 spiro atoms. The number of benzene rings is 1. The number of halogens is 1. The van der Waals surface area contributed by atoms with E-state index >= 15 is 0 Å². The lowest BCUT2D eigenvalue weighted by molar-refractivity contribution is 0.0697. The van der Waals surface area contributed by atoms with Crippen molar-refractivity contribution in [2.75, 3.05) is 19.7 Å². The number of likely N-dealkylation sites (tertiary alicyclic amines) is 1. The zero-order valence-electron chi connectivity index (χ0n) is 13.1. The molecule has 3 nitrogen and oxygen atoms in total. The first-order valence-electron chi connectivity index (χ1n) is 7.69. The van der Waals surface area contributed by atoms with Crippen molar-refractivity contribution < 1.29 is 9.53 Å². The fourth-order valence-corrected chi connectivity index (χ4v) is 2.89. The standard InChI is InChI=1S/C17H24BrNO2/c1-12(2)11-21-16-5-4-14(10-15(16)18)17(20)19-8-6-13(3)7-9-19/h4-5,10,12-13H,6-9,11H2,1-3H3. The average molecular weight is 354 g/mol. The van der Waals surface area contributed by atoms with E-state index in [1.54, 1.807) is 0 Å². The summed E-state index contributed by atoms with van der Waals surface area (Å²) in [5, 5.41) is 0. The lowest BCUT2D eigenvalue weighted by Gasteiger charge is -2.30. The van der Waals surface area contributed by atoms with Gasteiger partial charge in [0.2, 0.25) is 0 Å². The number of hydrogen-bond donors (Lipinski definition) is 0. The molecule has 1 fully saturated rings. The molecule has 1 aromatic rings. The van der Waals surface area contributed by atoms with Gasteiger partial charge in [-0.1, -0.05) is 20.8 Å². The van der Waals surface area contributed by atoms with Gasteiger partial charge in [-0.2, -0.15) is 0 Å². The maximum Gasteiger partial charge on any atom is 0.253 e. The molecule has 1 aliphatic heterocycles. The molecule has 0 unspecified atom stereocenters. The van der Waals surface area contributed by atoms with Gasteiger partial charge in [-0.15, -0.1) is 0 Å². The lowest BCUT2D eigenvalue weighted by atomic mass is 9.98. The van der Waals surface area contributed by atoms with E-state index in [0.717, 1.165) is 47.6 Å². The van der Waals surface area contributed by atoms with Gasteiger partial charge in [-0.3, -0.25) is 4.79 Å². The number of carbonyl (C=O) groups excluding carboxylic acids is 1. The second kappa shape index (κ2) is 7.30. The third-order valence-electron chi connectivity index (χ3n) is 3.82. The highest BCUT2D eigenvalue weighted by atomic mass is 79.9. The number of amides is 1. The predicted octanol–water partition coefficient (Wildman–Crippen LogP) is 4.36. The molecular weight excluding hydrogens is 330 g/mol. The van der Waals surface area contributed by atoms with E-state index in [-0.39, 0.29) is 5.91 Å².